The maximum absolute atomic E-state index is 11.5. The molecule has 0 atom stereocenters. The Kier molecular flexibility index (Phi) is 11.0. The number of carbonyl (C=O) groups excluding carboxylic acids is 2. The van der Waals surface area contributed by atoms with Crippen LogP contribution in [0, 0.1) is 0 Å². The first-order valence-electron chi connectivity index (χ1n) is 19.0. The second-order valence-electron chi connectivity index (χ2n) is 13.7. The zero-order valence-electron chi connectivity index (χ0n) is 31.8. The first kappa shape index (κ1) is 38.7. The number of thiazole rings is 2. The van der Waals surface area contributed by atoms with Crippen LogP contribution < -0.4 is 9.47 Å². The Morgan fingerprint density at radius 3 is 1.42 bits per heavy atom. The number of aromatic nitrogens is 2. The quantitative estimate of drug-likeness (QED) is 0.0791. The van der Waals surface area contributed by atoms with Crippen LogP contribution in [0.25, 0.3) is 52.7 Å². The zero-order valence-corrected chi connectivity index (χ0v) is 35.0. The van der Waals surface area contributed by atoms with Crippen molar-refractivity contribution in [2.24, 2.45) is 0 Å². The molecule has 0 fully saturated rings. The predicted octanol–water partition coefficient (Wildman–Crippen LogP) is 12.3. The molecule has 2 aromatic heterocycles. The summed E-state index contributed by atoms with van der Waals surface area (Å²) >= 11 is 5.77. The van der Waals surface area contributed by atoms with Gasteiger partial charge < -0.3 is 9.47 Å². The summed E-state index contributed by atoms with van der Waals surface area (Å²) in [5.41, 5.74) is 10.7. The molecule has 0 bridgehead atoms. The Labute approximate surface area is 358 Å². The third-order valence-electron chi connectivity index (χ3n) is 10.3. The van der Waals surface area contributed by atoms with Crippen LogP contribution in [0.4, 0.5) is 0 Å². The van der Waals surface area contributed by atoms with Crippen molar-refractivity contribution in [2.75, 3.05) is 24.7 Å². The van der Waals surface area contributed by atoms with Crippen molar-refractivity contribution in [3.63, 3.8) is 0 Å². The van der Waals surface area contributed by atoms with Gasteiger partial charge in [-0.1, -0.05) is 97.3 Å². The van der Waals surface area contributed by atoms with Crippen molar-refractivity contribution >= 4 is 76.9 Å². The molecule has 0 saturated carbocycles. The summed E-state index contributed by atoms with van der Waals surface area (Å²) in [4.78, 5) is 33.2. The molecule has 0 aliphatic heterocycles. The number of hydrogen-bond donors (Lipinski definition) is 0. The van der Waals surface area contributed by atoms with Crippen molar-refractivity contribution in [1.29, 1.82) is 0 Å². The van der Waals surface area contributed by atoms with Crippen LogP contribution in [0.1, 0.15) is 22.3 Å². The van der Waals surface area contributed by atoms with E-state index in [-0.39, 0.29) is 10.2 Å². The van der Waals surface area contributed by atoms with Gasteiger partial charge in [0.1, 0.15) is 21.5 Å². The number of ether oxygens (including phenoxy) is 2. The van der Waals surface area contributed by atoms with Gasteiger partial charge in [0.05, 0.1) is 39.1 Å². The molecule has 2 heterocycles. The highest BCUT2D eigenvalue weighted by molar-refractivity contribution is 8.14. The fraction of sp³-hybridized carbons (Fsp3) is 0.102. The number of carbonyl (C=O) groups is 2. The maximum atomic E-state index is 11.5. The minimum Gasteiger partial charge on any atom is -0.493 e. The molecule has 0 unspecified atom stereocenters. The summed E-state index contributed by atoms with van der Waals surface area (Å²) in [6.45, 7) is 7.90. The number of thioether (sulfide) groups is 2. The van der Waals surface area contributed by atoms with E-state index in [2.05, 4.69) is 98.1 Å². The molecular weight excluding hydrogens is 809 g/mol. The van der Waals surface area contributed by atoms with Gasteiger partial charge in [-0.2, -0.15) is 0 Å². The Bertz CT molecular complexity index is 2680. The van der Waals surface area contributed by atoms with Crippen molar-refractivity contribution in [3.05, 3.63) is 181 Å². The Balaban J connectivity index is 1.06. The molecule has 10 heteroatoms. The van der Waals surface area contributed by atoms with E-state index >= 15 is 0 Å². The highest BCUT2D eigenvalue weighted by atomic mass is 32.2. The van der Waals surface area contributed by atoms with Gasteiger partial charge in [-0.25, -0.2) is 9.97 Å². The number of fused-ring (bicyclic) bond motifs is 5. The fourth-order valence-corrected chi connectivity index (χ4v) is 10.7. The largest absolute Gasteiger partial charge is 0.493 e. The van der Waals surface area contributed by atoms with Gasteiger partial charge in [0.25, 0.3) is 0 Å². The Morgan fingerprint density at radius 2 is 1.00 bits per heavy atom. The van der Waals surface area contributed by atoms with Gasteiger partial charge in [0, 0.05) is 22.6 Å². The Hall–Kier alpha value is -5.78. The first-order chi connectivity index (χ1) is 28.9. The van der Waals surface area contributed by atoms with Gasteiger partial charge in [-0.15, -0.1) is 22.7 Å². The van der Waals surface area contributed by atoms with E-state index in [4.69, 9.17) is 19.4 Å². The minimum absolute atomic E-state index is 0.0528. The van der Waals surface area contributed by atoms with E-state index in [9.17, 15) is 9.59 Å². The standard InChI is InChI=1S/C49H36N2O4S4/c1-3-45(52)56-27-25-54-35-19-13-31(14-20-35)47-50-41-23-17-33(29-43(41)58-47)49(39-11-7-5-9-37(39)38-10-6-8-12-40(38)49)34-18-24-42-44(30-34)59-48(51-42)32-15-21-36(22-16-32)55-26-28-57-46(53)4-2/h3-24,29-30H,1-2,25-28H2. The van der Waals surface area contributed by atoms with Crippen molar-refractivity contribution < 1.29 is 19.1 Å². The topological polar surface area (TPSA) is 78.4 Å². The van der Waals surface area contributed by atoms with E-state index in [1.807, 2.05) is 48.5 Å². The SMILES string of the molecule is C=CC(=O)SCCOc1ccc(-c2nc3ccc(C4(c5ccc6nc(-c7ccc(OCCSC(=O)C=C)cc7)sc6c5)c5ccccc5-c5ccccc54)cc3s2)cc1. The molecule has 1 aliphatic rings. The van der Waals surface area contributed by atoms with E-state index in [0.717, 1.165) is 53.1 Å². The summed E-state index contributed by atoms with van der Waals surface area (Å²) in [6.07, 6.45) is 2.64. The molecule has 0 spiro atoms. The lowest BCUT2D eigenvalue weighted by Gasteiger charge is -2.33. The lowest BCUT2D eigenvalue weighted by Crippen LogP contribution is -2.28. The summed E-state index contributed by atoms with van der Waals surface area (Å²) in [5.74, 6) is 2.64. The molecule has 59 heavy (non-hydrogen) atoms. The van der Waals surface area contributed by atoms with Crippen molar-refractivity contribution in [2.45, 2.75) is 5.41 Å². The lowest BCUT2D eigenvalue weighted by atomic mass is 9.67. The third-order valence-corrected chi connectivity index (χ3v) is 14.1. The summed E-state index contributed by atoms with van der Waals surface area (Å²) in [7, 11) is 0. The molecule has 6 aromatic carbocycles. The second kappa shape index (κ2) is 16.8. The van der Waals surface area contributed by atoms with Crippen LogP contribution in [-0.4, -0.2) is 44.9 Å². The summed E-state index contributed by atoms with van der Waals surface area (Å²) < 4.78 is 14.0. The van der Waals surface area contributed by atoms with E-state index < -0.39 is 5.41 Å². The van der Waals surface area contributed by atoms with E-state index in [1.54, 1.807) is 22.7 Å². The molecule has 0 saturated heterocycles. The number of benzene rings is 6. The minimum atomic E-state index is -0.578. The summed E-state index contributed by atoms with van der Waals surface area (Å²) in [5, 5.41) is 1.77. The lowest BCUT2D eigenvalue weighted by molar-refractivity contribution is -0.107. The molecule has 290 valence electrons. The van der Waals surface area contributed by atoms with E-state index in [0.29, 0.717) is 24.7 Å². The third kappa shape index (κ3) is 7.53. The highest BCUT2D eigenvalue weighted by Gasteiger charge is 2.46. The first-order valence-corrected chi connectivity index (χ1v) is 22.6. The van der Waals surface area contributed by atoms with Crippen LogP contribution in [0.5, 0.6) is 11.5 Å². The molecule has 0 amide bonds. The Morgan fingerprint density at radius 1 is 0.576 bits per heavy atom. The van der Waals surface area contributed by atoms with Gasteiger partial charge in [0.2, 0.25) is 10.2 Å². The van der Waals surface area contributed by atoms with Gasteiger partial charge >= 0.3 is 0 Å². The number of nitrogens with zero attached hydrogens (tertiary/aromatic N) is 2. The average molecular weight is 845 g/mol. The average Bonchev–Trinajstić information content (AvgIpc) is 3.99. The smallest absolute Gasteiger partial charge is 0.211 e. The van der Waals surface area contributed by atoms with E-state index in [1.165, 1.54) is 69.1 Å². The van der Waals surface area contributed by atoms with Crippen LogP contribution in [0.2, 0.25) is 0 Å². The highest BCUT2D eigenvalue weighted by Crippen LogP contribution is 2.57. The van der Waals surface area contributed by atoms with Crippen LogP contribution in [-0.2, 0) is 15.0 Å². The molecule has 8 aromatic rings. The molecule has 1 aliphatic carbocycles. The van der Waals surface area contributed by atoms with Crippen LogP contribution in [0.15, 0.2) is 159 Å². The second-order valence-corrected chi connectivity index (χ2v) is 18.0. The molecule has 6 nitrogen and oxygen atoms in total. The molecular formula is C49H36N2O4S4. The predicted molar refractivity (Wildman–Crippen MR) is 247 cm³/mol. The molecule has 0 radical (unpaired) electrons. The molecule has 0 N–H and O–H groups in total. The van der Waals surface area contributed by atoms with Crippen LogP contribution in [0.3, 0.4) is 0 Å². The summed E-state index contributed by atoms with van der Waals surface area (Å²) in [6, 6.07) is 47.0. The number of hydrogen-bond acceptors (Lipinski definition) is 10. The van der Waals surface area contributed by atoms with Gasteiger partial charge in [-0.05, 0) is 118 Å². The maximum Gasteiger partial charge on any atom is 0.211 e. The number of rotatable bonds is 14. The normalized spacial score (nSPS) is 12.5. The van der Waals surface area contributed by atoms with Crippen molar-refractivity contribution in [1.82, 2.24) is 9.97 Å². The van der Waals surface area contributed by atoms with Crippen LogP contribution >= 0.6 is 46.2 Å². The molecule has 9 rings (SSSR count). The van der Waals surface area contributed by atoms with Crippen molar-refractivity contribution in [3.8, 4) is 43.8 Å². The van der Waals surface area contributed by atoms with Gasteiger partial charge in [0.15, 0.2) is 0 Å². The fourth-order valence-electron chi connectivity index (χ4n) is 7.70. The zero-order chi connectivity index (χ0) is 40.3. The van der Waals surface area contributed by atoms with Gasteiger partial charge in [-0.3, -0.25) is 9.59 Å². The monoisotopic (exact) mass is 844 g/mol.